The second kappa shape index (κ2) is 6.28. The number of benzene rings is 2. The van der Waals surface area contributed by atoms with E-state index in [1.165, 1.54) is 18.4 Å². The Hall–Kier alpha value is -2.17. The van der Waals surface area contributed by atoms with Crippen molar-refractivity contribution in [1.29, 1.82) is 0 Å². The monoisotopic (exact) mass is 375 g/mol. The molecule has 2 aromatic carbocycles. The van der Waals surface area contributed by atoms with Gasteiger partial charge in [-0.3, -0.25) is 4.79 Å². The van der Waals surface area contributed by atoms with E-state index in [2.05, 4.69) is 11.2 Å². The molecule has 1 aliphatic carbocycles. The molecule has 4 rings (SSSR count). The summed E-state index contributed by atoms with van der Waals surface area (Å²) >= 11 is 12.5. The quantitative estimate of drug-likeness (QED) is 0.594. The zero-order valence-electron chi connectivity index (χ0n) is 13.2. The lowest BCUT2D eigenvalue weighted by atomic mass is 10.1. The molecule has 1 aliphatic rings. The van der Waals surface area contributed by atoms with Crippen LogP contribution in [0.4, 0.5) is 0 Å². The first-order valence-electron chi connectivity index (χ1n) is 8.00. The summed E-state index contributed by atoms with van der Waals surface area (Å²) in [5.74, 6) is 0.668. The van der Waals surface area contributed by atoms with E-state index in [9.17, 15) is 4.79 Å². The molecule has 3 aromatic rings. The zero-order chi connectivity index (χ0) is 17.6. The van der Waals surface area contributed by atoms with Crippen molar-refractivity contribution in [3.8, 4) is 11.5 Å². The minimum atomic E-state index is -0.939. The summed E-state index contributed by atoms with van der Waals surface area (Å²) in [5, 5.41) is 10.6. The van der Waals surface area contributed by atoms with Crippen molar-refractivity contribution in [2.45, 2.75) is 25.2 Å². The first-order chi connectivity index (χ1) is 12.0. The van der Waals surface area contributed by atoms with E-state index >= 15 is 0 Å². The number of aromatic amines is 1. The number of carbonyl (C=O) groups is 1. The Morgan fingerprint density at radius 3 is 2.56 bits per heavy atom. The minimum absolute atomic E-state index is 0.139. The van der Waals surface area contributed by atoms with E-state index in [-0.39, 0.29) is 6.42 Å². The number of hydrogen-bond donors (Lipinski definition) is 2. The maximum absolute atomic E-state index is 10.8. The number of hydrogen-bond acceptors (Lipinski definition) is 2. The smallest absolute Gasteiger partial charge is 0.307 e. The number of aliphatic carboxylic acids is 1. The van der Waals surface area contributed by atoms with Crippen molar-refractivity contribution in [2.24, 2.45) is 0 Å². The molecule has 4 nitrogen and oxygen atoms in total. The molecule has 0 unspecified atom stereocenters. The van der Waals surface area contributed by atoms with Crippen molar-refractivity contribution in [3.63, 3.8) is 0 Å². The summed E-state index contributed by atoms with van der Waals surface area (Å²) in [5.41, 5.74) is 2.92. The molecule has 0 saturated heterocycles. The first-order valence-corrected chi connectivity index (χ1v) is 8.75. The third-order valence-corrected chi connectivity index (χ3v) is 4.90. The van der Waals surface area contributed by atoms with Crippen LogP contribution in [0.2, 0.25) is 10.0 Å². The standard InChI is InChI=1S/C19H15Cl2NO3/c20-15-5-10(7-18(23)24)6-16(21)19(15)25-12-3-4-17-13(8-12)14(9-22-17)11-1-2-11/h3-6,8-9,11,22H,1-2,7H2,(H,23,24). The van der Waals surface area contributed by atoms with Crippen molar-refractivity contribution >= 4 is 40.1 Å². The largest absolute Gasteiger partial charge is 0.481 e. The lowest BCUT2D eigenvalue weighted by Gasteiger charge is -2.11. The van der Waals surface area contributed by atoms with Crippen LogP contribution in [0.1, 0.15) is 29.9 Å². The third-order valence-electron chi connectivity index (χ3n) is 4.34. The van der Waals surface area contributed by atoms with Crippen molar-refractivity contribution < 1.29 is 14.6 Å². The molecule has 1 saturated carbocycles. The third kappa shape index (κ3) is 3.32. The fraction of sp³-hybridized carbons (Fsp3) is 0.211. The Morgan fingerprint density at radius 1 is 1.20 bits per heavy atom. The van der Waals surface area contributed by atoms with E-state index < -0.39 is 5.97 Å². The van der Waals surface area contributed by atoms with Crippen LogP contribution in [0.15, 0.2) is 36.5 Å². The normalized spacial score (nSPS) is 14.0. The molecule has 25 heavy (non-hydrogen) atoms. The number of ether oxygens (including phenoxy) is 1. The summed E-state index contributed by atoms with van der Waals surface area (Å²) in [4.78, 5) is 14.1. The number of carboxylic acid groups (broad SMARTS) is 1. The highest BCUT2D eigenvalue weighted by atomic mass is 35.5. The van der Waals surface area contributed by atoms with Crippen molar-refractivity contribution in [2.75, 3.05) is 0 Å². The van der Waals surface area contributed by atoms with Gasteiger partial charge in [-0.05, 0) is 60.2 Å². The van der Waals surface area contributed by atoms with Gasteiger partial charge in [0.25, 0.3) is 0 Å². The Labute approximate surface area is 154 Å². The molecule has 1 heterocycles. The highest BCUT2D eigenvalue weighted by molar-refractivity contribution is 6.37. The van der Waals surface area contributed by atoms with E-state index in [0.717, 1.165) is 10.9 Å². The van der Waals surface area contributed by atoms with Gasteiger partial charge in [0.1, 0.15) is 5.75 Å². The molecule has 0 spiro atoms. The maximum atomic E-state index is 10.8. The molecule has 1 aromatic heterocycles. The van der Waals surface area contributed by atoms with Crippen LogP contribution in [-0.2, 0) is 11.2 Å². The van der Waals surface area contributed by atoms with E-state index in [4.69, 9.17) is 33.0 Å². The Bertz CT molecular complexity index is 953. The fourth-order valence-electron chi connectivity index (χ4n) is 3.02. The van der Waals surface area contributed by atoms with Gasteiger partial charge >= 0.3 is 5.97 Å². The van der Waals surface area contributed by atoms with Gasteiger partial charge in [0.15, 0.2) is 5.75 Å². The topological polar surface area (TPSA) is 62.3 Å². The van der Waals surface area contributed by atoms with Crippen LogP contribution in [-0.4, -0.2) is 16.1 Å². The number of fused-ring (bicyclic) bond motifs is 1. The molecule has 2 N–H and O–H groups in total. The van der Waals surface area contributed by atoms with E-state index in [1.807, 2.05) is 18.2 Å². The summed E-state index contributed by atoms with van der Waals surface area (Å²) in [6.45, 7) is 0. The molecular weight excluding hydrogens is 361 g/mol. The second-order valence-corrected chi connectivity index (χ2v) is 7.10. The average molecular weight is 376 g/mol. The molecule has 0 bridgehead atoms. The predicted octanol–water partition coefficient (Wildman–Crippen LogP) is 5.77. The summed E-state index contributed by atoms with van der Waals surface area (Å²) in [7, 11) is 0. The second-order valence-electron chi connectivity index (χ2n) is 6.29. The number of carboxylic acids is 1. The van der Waals surface area contributed by atoms with Gasteiger partial charge in [-0.2, -0.15) is 0 Å². The van der Waals surface area contributed by atoms with E-state index in [0.29, 0.717) is 33.0 Å². The van der Waals surface area contributed by atoms with Crippen LogP contribution >= 0.6 is 23.2 Å². The maximum Gasteiger partial charge on any atom is 0.307 e. The van der Waals surface area contributed by atoms with Crippen LogP contribution < -0.4 is 4.74 Å². The van der Waals surface area contributed by atoms with Gasteiger partial charge in [-0.25, -0.2) is 0 Å². The molecule has 0 atom stereocenters. The van der Waals surface area contributed by atoms with Crippen LogP contribution in [0.3, 0.4) is 0 Å². The Kier molecular flexibility index (Phi) is 4.10. The summed E-state index contributed by atoms with van der Waals surface area (Å²) in [6.07, 6.45) is 4.37. The molecule has 1 fully saturated rings. The fourth-order valence-corrected chi connectivity index (χ4v) is 3.63. The molecule has 6 heteroatoms. The Morgan fingerprint density at radius 2 is 1.92 bits per heavy atom. The van der Waals surface area contributed by atoms with Gasteiger partial charge in [-0.15, -0.1) is 0 Å². The Balaban J connectivity index is 1.66. The number of nitrogens with one attached hydrogen (secondary N) is 1. The average Bonchev–Trinajstić information content (AvgIpc) is 3.30. The van der Waals surface area contributed by atoms with Crippen molar-refractivity contribution in [3.05, 3.63) is 57.7 Å². The van der Waals surface area contributed by atoms with Gasteiger partial charge in [-0.1, -0.05) is 23.2 Å². The molecule has 128 valence electrons. The molecule has 0 aliphatic heterocycles. The molecule has 0 amide bonds. The number of halogens is 2. The lowest BCUT2D eigenvalue weighted by molar-refractivity contribution is -0.136. The molecular formula is C19H15Cl2NO3. The minimum Gasteiger partial charge on any atom is -0.481 e. The number of H-pyrrole nitrogens is 1. The highest BCUT2D eigenvalue weighted by Crippen LogP contribution is 2.44. The molecule has 0 radical (unpaired) electrons. The van der Waals surface area contributed by atoms with E-state index in [1.54, 1.807) is 12.1 Å². The zero-order valence-corrected chi connectivity index (χ0v) is 14.7. The van der Waals surface area contributed by atoms with Gasteiger partial charge in [0, 0.05) is 17.1 Å². The SMILES string of the molecule is O=C(O)Cc1cc(Cl)c(Oc2ccc3[nH]cc(C4CC4)c3c2)c(Cl)c1. The number of rotatable bonds is 5. The first kappa shape index (κ1) is 16.3. The van der Waals surface area contributed by atoms with Crippen LogP contribution in [0.25, 0.3) is 10.9 Å². The highest BCUT2D eigenvalue weighted by Gasteiger charge is 2.26. The van der Waals surface area contributed by atoms with Gasteiger partial charge in [0.05, 0.1) is 16.5 Å². The van der Waals surface area contributed by atoms with Gasteiger partial charge in [0.2, 0.25) is 0 Å². The summed E-state index contributed by atoms with van der Waals surface area (Å²) in [6, 6.07) is 8.95. The summed E-state index contributed by atoms with van der Waals surface area (Å²) < 4.78 is 5.91. The van der Waals surface area contributed by atoms with Gasteiger partial charge < -0.3 is 14.8 Å². The van der Waals surface area contributed by atoms with Crippen molar-refractivity contribution in [1.82, 2.24) is 4.98 Å². The van der Waals surface area contributed by atoms with Crippen LogP contribution in [0, 0.1) is 0 Å². The predicted molar refractivity (Wildman–Crippen MR) is 98.1 cm³/mol. The number of aromatic nitrogens is 1. The van der Waals surface area contributed by atoms with Crippen LogP contribution in [0.5, 0.6) is 11.5 Å². The lowest BCUT2D eigenvalue weighted by Crippen LogP contribution is -2.00.